The Balaban J connectivity index is 1.33. The highest BCUT2D eigenvalue weighted by Crippen LogP contribution is 2.30. The maximum atomic E-state index is 13.1. The Hall–Kier alpha value is -3.95. The minimum Gasteiger partial charge on any atom is -0.494 e. The third-order valence-electron chi connectivity index (χ3n) is 6.67. The van der Waals surface area contributed by atoms with E-state index in [1.807, 2.05) is 30.0 Å². The summed E-state index contributed by atoms with van der Waals surface area (Å²) in [6.07, 6.45) is 4.57. The van der Waals surface area contributed by atoms with Crippen LogP contribution in [0.25, 0.3) is 6.08 Å². The van der Waals surface area contributed by atoms with E-state index in [-0.39, 0.29) is 16.5 Å². The highest BCUT2D eigenvalue weighted by molar-refractivity contribution is 7.92. The number of nitrogens with one attached hydrogen (secondary N) is 1. The van der Waals surface area contributed by atoms with Crippen LogP contribution in [0.3, 0.4) is 0 Å². The Morgan fingerprint density at radius 2 is 1.73 bits per heavy atom. The number of amides is 1. The Labute approximate surface area is 237 Å². The maximum absolute atomic E-state index is 13.1. The summed E-state index contributed by atoms with van der Waals surface area (Å²) < 4.78 is 34.5. The highest BCUT2D eigenvalue weighted by Gasteiger charge is 2.23. The number of piperazine rings is 1. The molecular formula is C31H36N4O4S. The SMILES string of the molecule is C=Nc1c(/C=C\C)cccc1S(=O)(=O)Nc1ccc(C(=O)N2CCN(Cc3ccc(OCCC)cc3)CC2)cc1. The van der Waals surface area contributed by atoms with E-state index in [2.05, 4.69) is 40.4 Å². The van der Waals surface area contributed by atoms with Gasteiger partial charge in [-0.15, -0.1) is 0 Å². The van der Waals surface area contributed by atoms with Crippen LogP contribution in [0.15, 0.2) is 82.7 Å². The molecule has 8 nitrogen and oxygen atoms in total. The molecule has 0 bridgehead atoms. The van der Waals surface area contributed by atoms with Crippen molar-refractivity contribution in [3.8, 4) is 5.75 Å². The first-order valence-electron chi connectivity index (χ1n) is 13.4. The van der Waals surface area contributed by atoms with Crippen LogP contribution in [-0.2, 0) is 16.6 Å². The molecule has 4 rings (SSSR count). The van der Waals surface area contributed by atoms with E-state index in [1.165, 1.54) is 11.6 Å². The van der Waals surface area contributed by atoms with Gasteiger partial charge in [-0.1, -0.05) is 43.3 Å². The summed E-state index contributed by atoms with van der Waals surface area (Å²) >= 11 is 0. The fourth-order valence-electron chi connectivity index (χ4n) is 4.59. The summed E-state index contributed by atoms with van der Waals surface area (Å²) in [5.74, 6) is 0.820. The molecule has 0 spiro atoms. The largest absolute Gasteiger partial charge is 0.494 e. The molecule has 0 aromatic heterocycles. The van der Waals surface area contributed by atoms with Gasteiger partial charge in [-0.25, -0.2) is 8.42 Å². The fraction of sp³-hybridized carbons (Fsp3) is 0.290. The van der Waals surface area contributed by atoms with Gasteiger partial charge in [0.25, 0.3) is 15.9 Å². The van der Waals surface area contributed by atoms with Crippen molar-refractivity contribution in [2.75, 3.05) is 37.5 Å². The van der Waals surface area contributed by atoms with Crippen LogP contribution in [0.2, 0.25) is 0 Å². The van der Waals surface area contributed by atoms with Gasteiger partial charge in [0.2, 0.25) is 0 Å². The smallest absolute Gasteiger partial charge is 0.264 e. The van der Waals surface area contributed by atoms with Crippen LogP contribution in [0, 0.1) is 0 Å². The summed E-state index contributed by atoms with van der Waals surface area (Å²) in [6.45, 7) is 11.8. The van der Waals surface area contributed by atoms with Crippen LogP contribution in [0.1, 0.15) is 41.8 Å². The molecule has 1 N–H and O–H groups in total. The lowest BCUT2D eigenvalue weighted by atomic mass is 10.1. The van der Waals surface area contributed by atoms with Gasteiger partial charge in [0.05, 0.1) is 12.3 Å². The number of sulfonamides is 1. The number of hydrogen-bond acceptors (Lipinski definition) is 6. The molecule has 9 heteroatoms. The summed E-state index contributed by atoms with van der Waals surface area (Å²) in [5.41, 5.74) is 3.04. The molecule has 0 radical (unpaired) electrons. The summed E-state index contributed by atoms with van der Waals surface area (Å²) in [6, 6.07) is 19.6. The standard InChI is InChI=1S/C31H36N4O4S/c1-4-7-25-8-6-9-29(30(25)32-3)40(37,38)33-27-14-12-26(13-15-27)31(36)35-20-18-34(19-21-35)23-24-10-16-28(17-11-24)39-22-5-2/h4,6-17,33H,3,5,18-23H2,1-2H3/b7-4-. The Bertz CT molecular complexity index is 1440. The second-order valence-electron chi connectivity index (χ2n) is 9.60. The van der Waals surface area contributed by atoms with E-state index in [9.17, 15) is 13.2 Å². The molecule has 1 amide bonds. The number of allylic oxidation sites excluding steroid dienone is 1. The Kier molecular flexibility index (Phi) is 9.74. The zero-order valence-electron chi connectivity index (χ0n) is 23.0. The number of hydrogen-bond donors (Lipinski definition) is 1. The van der Waals surface area contributed by atoms with Gasteiger partial charge < -0.3 is 9.64 Å². The normalized spacial score (nSPS) is 14.3. The molecule has 40 heavy (non-hydrogen) atoms. The molecule has 0 saturated carbocycles. The summed E-state index contributed by atoms with van der Waals surface area (Å²) in [4.78, 5) is 21.3. The predicted molar refractivity (Wildman–Crippen MR) is 161 cm³/mol. The van der Waals surface area contributed by atoms with Gasteiger partial charge in [0, 0.05) is 49.5 Å². The molecule has 210 valence electrons. The van der Waals surface area contributed by atoms with Crippen LogP contribution in [-0.4, -0.2) is 63.6 Å². The van der Waals surface area contributed by atoms with Crippen molar-refractivity contribution in [3.63, 3.8) is 0 Å². The zero-order chi connectivity index (χ0) is 28.5. The minimum absolute atomic E-state index is 0.0388. The molecule has 1 aliphatic rings. The lowest BCUT2D eigenvalue weighted by molar-refractivity contribution is 0.0628. The van der Waals surface area contributed by atoms with Gasteiger partial charge >= 0.3 is 0 Å². The van der Waals surface area contributed by atoms with Crippen molar-refractivity contribution in [2.45, 2.75) is 31.7 Å². The van der Waals surface area contributed by atoms with E-state index >= 15 is 0 Å². The monoisotopic (exact) mass is 560 g/mol. The number of anilines is 1. The quantitative estimate of drug-likeness (QED) is 0.308. The fourth-order valence-corrected chi connectivity index (χ4v) is 5.84. The minimum atomic E-state index is -3.91. The van der Waals surface area contributed by atoms with Gasteiger partial charge in [-0.3, -0.25) is 19.4 Å². The van der Waals surface area contributed by atoms with E-state index in [4.69, 9.17) is 4.74 Å². The van der Waals surface area contributed by atoms with E-state index in [1.54, 1.807) is 42.5 Å². The maximum Gasteiger partial charge on any atom is 0.264 e. The van der Waals surface area contributed by atoms with Gasteiger partial charge in [-0.2, -0.15) is 0 Å². The van der Waals surface area contributed by atoms with Crippen LogP contribution in [0.4, 0.5) is 11.4 Å². The van der Waals surface area contributed by atoms with Crippen molar-refractivity contribution < 1.29 is 17.9 Å². The first-order valence-corrected chi connectivity index (χ1v) is 14.9. The molecule has 0 unspecified atom stereocenters. The average Bonchev–Trinajstić information content (AvgIpc) is 2.97. The molecule has 0 aliphatic carbocycles. The predicted octanol–water partition coefficient (Wildman–Crippen LogP) is 5.60. The summed E-state index contributed by atoms with van der Waals surface area (Å²) in [5, 5.41) is 0. The third kappa shape index (κ3) is 7.16. The second-order valence-corrected chi connectivity index (χ2v) is 11.2. The third-order valence-corrected chi connectivity index (χ3v) is 8.08. The molecule has 0 atom stereocenters. The van der Waals surface area contributed by atoms with Crippen molar-refractivity contribution in [1.82, 2.24) is 9.80 Å². The molecule has 3 aromatic carbocycles. The van der Waals surface area contributed by atoms with Crippen LogP contribution >= 0.6 is 0 Å². The molecule has 1 fully saturated rings. The number of nitrogens with zero attached hydrogens (tertiary/aromatic N) is 3. The molecular weight excluding hydrogens is 524 g/mol. The second kappa shape index (κ2) is 13.4. The van der Waals surface area contributed by atoms with Crippen molar-refractivity contribution in [3.05, 3.63) is 89.5 Å². The van der Waals surface area contributed by atoms with E-state index < -0.39 is 10.0 Å². The number of ether oxygens (including phenoxy) is 1. The number of carbonyl (C=O) groups excluding carboxylic acids is 1. The highest BCUT2D eigenvalue weighted by atomic mass is 32.2. The molecule has 1 saturated heterocycles. The number of aliphatic imine (C=N–C) groups is 1. The van der Waals surface area contributed by atoms with Crippen molar-refractivity contribution in [2.24, 2.45) is 4.99 Å². The van der Waals surface area contributed by atoms with Crippen LogP contribution in [0.5, 0.6) is 5.75 Å². The van der Waals surface area contributed by atoms with Gasteiger partial charge in [0.15, 0.2) is 0 Å². The van der Waals surface area contributed by atoms with Crippen molar-refractivity contribution >= 4 is 40.1 Å². The average molecular weight is 561 g/mol. The molecule has 1 aliphatic heterocycles. The zero-order valence-corrected chi connectivity index (χ0v) is 23.9. The molecule has 3 aromatic rings. The van der Waals surface area contributed by atoms with Crippen molar-refractivity contribution in [1.29, 1.82) is 0 Å². The first-order chi connectivity index (χ1) is 19.3. The lowest BCUT2D eigenvalue weighted by Gasteiger charge is -2.34. The first kappa shape index (κ1) is 29.0. The number of carbonyl (C=O) groups is 1. The van der Waals surface area contributed by atoms with Crippen LogP contribution < -0.4 is 9.46 Å². The molecule has 1 heterocycles. The Morgan fingerprint density at radius 1 is 1.02 bits per heavy atom. The van der Waals surface area contributed by atoms with Gasteiger partial charge in [0.1, 0.15) is 10.6 Å². The lowest BCUT2D eigenvalue weighted by Crippen LogP contribution is -2.48. The Morgan fingerprint density at radius 3 is 2.35 bits per heavy atom. The van der Waals surface area contributed by atoms with Gasteiger partial charge in [-0.05, 0) is 68.1 Å². The van der Waals surface area contributed by atoms with E-state index in [0.29, 0.717) is 36.5 Å². The number of benzene rings is 3. The number of rotatable bonds is 11. The summed E-state index contributed by atoms with van der Waals surface area (Å²) in [7, 11) is -3.91. The topological polar surface area (TPSA) is 91.3 Å². The van der Waals surface area contributed by atoms with E-state index in [0.717, 1.165) is 31.8 Å². The number of para-hydroxylation sites is 1.